The van der Waals surface area contributed by atoms with Gasteiger partial charge < -0.3 is 20.7 Å². The molecule has 34 heavy (non-hydrogen) atoms. The van der Waals surface area contributed by atoms with Crippen LogP contribution in [0.4, 0.5) is 5.69 Å². The van der Waals surface area contributed by atoms with Gasteiger partial charge in [0.1, 0.15) is 6.42 Å². The SMILES string of the molecule is CC[C@H]1CN(C(=O)CC#N)CC[C@H]1Nc1c(C(N)=O)cnn2cc(-c3ccc(OC)nc3)cc12. The molecule has 176 valence electrons. The van der Waals surface area contributed by atoms with Gasteiger partial charge in [0.15, 0.2) is 0 Å². The van der Waals surface area contributed by atoms with Crippen LogP contribution in [0.25, 0.3) is 16.6 Å². The highest BCUT2D eigenvalue weighted by atomic mass is 16.5. The number of pyridine rings is 1. The molecule has 1 saturated heterocycles. The van der Waals surface area contributed by atoms with Crippen LogP contribution < -0.4 is 15.8 Å². The highest BCUT2D eigenvalue weighted by Gasteiger charge is 2.31. The largest absolute Gasteiger partial charge is 0.481 e. The third-order valence-electron chi connectivity index (χ3n) is 6.35. The van der Waals surface area contributed by atoms with Crippen molar-refractivity contribution in [3.05, 3.63) is 42.4 Å². The van der Waals surface area contributed by atoms with E-state index in [9.17, 15) is 9.59 Å². The molecular weight excluding hydrogens is 434 g/mol. The van der Waals surface area contributed by atoms with Gasteiger partial charge in [-0.1, -0.05) is 6.92 Å². The van der Waals surface area contributed by atoms with Gasteiger partial charge in [0.05, 0.1) is 36.1 Å². The van der Waals surface area contributed by atoms with Crippen LogP contribution in [0, 0.1) is 17.2 Å². The number of hydrogen-bond donors (Lipinski definition) is 2. The molecule has 0 aliphatic carbocycles. The topological polar surface area (TPSA) is 139 Å². The summed E-state index contributed by atoms with van der Waals surface area (Å²) in [6.07, 6.45) is 6.48. The molecule has 0 aromatic carbocycles. The van der Waals surface area contributed by atoms with Crippen LogP contribution in [0.15, 0.2) is 36.8 Å². The molecule has 2 amide bonds. The quantitative estimate of drug-likeness (QED) is 0.551. The van der Waals surface area contributed by atoms with E-state index < -0.39 is 5.91 Å². The lowest BCUT2D eigenvalue weighted by Gasteiger charge is -2.39. The number of likely N-dealkylation sites (tertiary alicyclic amines) is 1. The number of nitrogens with one attached hydrogen (secondary N) is 1. The normalized spacial score (nSPS) is 17.9. The van der Waals surface area contributed by atoms with Gasteiger partial charge >= 0.3 is 0 Å². The molecule has 3 aromatic heterocycles. The average Bonchev–Trinajstić information content (AvgIpc) is 3.29. The van der Waals surface area contributed by atoms with E-state index in [4.69, 9.17) is 15.7 Å². The van der Waals surface area contributed by atoms with E-state index in [-0.39, 0.29) is 24.3 Å². The standard InChI is InChI=1S/C24H27N7O3/c1-3-15-13-30(22(32)6-8-25)9-7-19(15)29-23-18(24(26)33)12-28-31-14-17(10-20(23)31)16-4-5-21(34-2)27-11-16/h4-5,10-12,14-15,19,29H,3,6-7,9,13H2,1-2H3,(H2,26,33)/t15-,19+/m0/s1. The highest BCUT2D eigenvalue weighted by Crippen LogP contribution is 2.32. The summed E-state index contributed by atoms with van der Waals surface area (Å²) in [7, 11) is 1.56. The molecule has 4 heterocycles. The average molecular weight is 462 g/mol. The Morgan fingerprint density at radius 1 is 1.32 bits per heavy atom. The Morgan fingerprint density at radius 2 is 2.15 bits per heavy atom. The van der Waals surface area contributed by atoms with Crippen molar-refractivity contribution < 1.29 is 14.3 Å². The predicted molar refractivity (Wildman–Crippen MR) is 126 cm³/mol. The fourth-order valence-electron chi connectivity index (χ4n) is 4.45. The maximum atomic E-state index is 12.2. The van der Waals surface area contributed by atoms with Gasteiger partial charge in [-0.15, -0.1) is 0 Å². The van der Waals surface area contributed by atoms with Crippen molar-refractivity contribution in [1.82, 2.24) is 19.5 Å². The van der Waals surface area contributed by atoms with Crippen LogP contribution in [0.5, 0.6) is 5.88 Å². The summed E-state index contributed by atoms with van der Waals surface area (Å²) in [5, 5.41) is 16.8. The number of fused-ring (bicyclic) bond motifs is 1. The first-order valence-corrected chi connectivity index (χ1v) is 11.2. The summed E-state index contributed by atoms with van der Waals surface area (Å²) in [5.74, 6) is -0.0336. The Morgan fingerprint density at radius 3 is 2.79 bits per heavy atom. The molecule has 0 unspecified atom stereocenters. The number of hydrogen-bond acceptors (Lipinski definition) is 7. The summed E-state index contributed by atoms with van der Waals surface area (Å²) >= 11 is 0. The molecule has 10 nitrogen and oxygen atoms in total. The smallest absolute Gasteiger partial charge is 0.252 e. The van der Waals surface area contributed by atoms with E-state index in [1.165, 1.54) is 6.20 Å². The molecular formula is C24H27N7O3. The lowest BCUT2D eigenvalue weighted by molar-refractivity contribution is -0.132. The summed E-state index contributed by atoms with van der Waals surface area (Å²) in [4.78, 5) is 30.5. The number of primary amides is 1. The number of ether oxygens (including phenoxy) is 1. The maximum Gasteiger partial charge on any atom is 0.252 e. The first-order valence-electron chi connectivity index (χ1n) is 11.2. The molecule has 0 bridgehead atoms. The molecule has 0 saturated carbocycles. The van der Waals surface area contributed by atoms with Crippen molar-refractivity contribution in [3.63, 3.8) is 0 Å². The number of nitrogens with zero attached hydrogens (tertiary/aromatic N) is 5. The summed E-state index contributed by atoms with van der Waals surface area (Å²) in [5.41, 5.74) is 9.11. The zero-order valence-corrected chi connectivity index (χ0v) is 19.2. The molecule has 1 fully saturated rings. The minimum absolute atomic E-state index is 0.0291. The van der Waals surface area contributed by atoms with Gasteiger partial charge in [0, 0.05) is 48.7 Å². The van der Waals surface area contributed by atoms with Crippen LogP contribution in [0.2, 0.25) is 0 Å². The van der Waals surface area contributed by atoms with Gasteiger partial charge in [-0.05, 0) is 30.9 Å². The van der Waals surface area contributed by atoms with E-state index in [1.807, 2.05) is 24.4 Å². The van der Waals surface area contributed by atoms with E-state index in [1.54, 1.807) is 28.8 Å². The fourth-order valence-corrected chi connectivity index (χ4v) is 4.45. The predicted octanol–water partition coefficient (Wildman–Crippen LogP) is 2.46. The number of rotatable bonds is 7. The van der Waals surface area contributed by atoms with E-state index in [0.717, 1.165) is 23.1 Å². The molecule has 0 spiro atoms. The minimum Gasteiger partial charge on any atom is -0.481 e. The Balaban J connectivity index is 1.67. The van der Waals surface area contributed by atoms with Crippen molar-refractivity contribution in [2.45, 2.75) is 32.2 Å². The van der Waals surface area contributed by atoms with Crippen LogP contribution >= 0.6 is 0 Å². The lowest BCUT2D eigenvalue weighted by atomic mass is 9.89. The van der Waals surface area contributed by atoms with Crippen LogP contribution in [-0.4, -0.2) is 57.6 Å². The lowest BCUT2D eigenvalue weighted by Crippen LogP contribution is -2.48. The molecule has 1 aliphatic heterocycles. The van der Waals surface area contributed by atoms with Gasteiger partial charge in [0.25, 0.3) is 5.91 Å². The van der Waals surface area contributed by atoms with E-state index in [0.29, 0.717) is 36.6 Å². The number of methoxy groups -OCH3 is 1. The molecule has 4 rings (SSSR count). The number of nitriles is 1. The maximum absolute atomic E-state index is 12.2. The second kappa shape index (κ2) is 9.79. The molecule has 1 aliphatic rings. The highest BCUT2D eigenvalue weighted by molar-refractivity contribution is 6.02. The van der Waals surface area contributed by atoms with Crippen molar-refractivity contribution in [2.75, 3.05) is 25.5 Å². The Kier molecular flexibility index (Phi) is 6.63. The van der Waals surface area contributed by atoms with Crippen molar-refractivity contribution >= 4 is 23.0 Å². The summed E-state index contributed by atoms with van der Waals surface area (Å²) < 4.78 is 6.85. The van der Waals surface area contributed by atoms with Gasteiger partial charge in [0.2, 0.25) is 11.8 Å². The van der Waals surface area contributed by atoms with Crippen molar-refractivity contribution in [1.29, 1.82) is 5.26 Å². The van der Waals surface area contributed by atoms with Crippen LogP contribution in [0.1, 0.15) is 36.5 Å². The monoisotopic (exact) mass is 461 g/mol. The third-order valence-corrected chi connectivity index (χ3v) is 6.35. The second-order valence-electron chi connectivity index (χ2n) is 8.33. The zero-order valence-electron chi connectivity index (χ0n) is 19.2. The van der Waals surface area contributed by atoms with Crippen LogP contribution in [-0.2, 0) is 4.79 Å². The van der Waals surface area contributed by atoms with Gasteiger partial charge in [-0.25, -0.2) is 9.50 Å². The molecule has 2 atom stereocenters. The number of nitrogens with two attached hydrogens (primary N) is 1. The third kappa shape index (κ3) is 4.50. The number of carbonyl (C=O) groups is 2. The first kappa shape index (κ1) is 23.0. The Bertz CT molecular complexity index is 1250. The molecule has 3 aromatic rings. The fraction of sp³-hybridized carbons (Fsp3) is 0.375. The van der Waals surface area contributed by atoms with Gasteiger partial charge in [-0.3, -0.25) is 9.59 Å². The van der Waals surface area contributed by atoms with Crippen LogP contribution in [0.3, 0.4) is 0 Å². The number of amides is 2. The molecule has 0 radical (unpaired) electrons. The second-order valence-corrected chi connectivity index (χ2v) is 8.33. The minimum atomic E-state index is -0.568. The number of aromatic nitrogens is 3. The Labute approximate surface area is 197 Å². The van der Waals surface area contributed by atoms with Crippen molar-refractivity contribution in [3.8, 4) is 23.1 Å². The number of carbonyl (C=O) groups excluding carboxylic acids is 2. The molecule has 10 heteroatoms. The van der Waals surface area contributed by atoms with Crippen molar-refractivity contribution in [2.24, 2.45) is 11.7 Å². The van der Waals surface area contributed by atoms with E-state index in [2.05, 4.69) is 22.3 Å². The number of anilines is 1. The first-order chi connectivity index (χ1) is 16.4. The zero-order chi connectivity index (χ0) is 24.2. The van der Waals surface area contributed by atoms with Gasteiger partial charge in [-0.2, -0.15) is 10.4 Å². The summed E-state index contributed by atoms with van der Waals surface area (Å²) in [6.45, 7) is 3.18. The number of piperidine rings is 1. The molecule has 3 N–H and O–H groups in total. The Hall–Kier alpha value is -4.13. The summed E-state index contributed by atoms with van der Waals surface area (Å²) in [6, 6.07) is 7.59. The van der Waals surface area contributed by atoms with E-state index >= 15 is 0 Å².